The van der Waals surface area contributed by atoms with Gasteiger partial charge in [0.05, 0.1) is 11.7 Å². The van der Waals surface area contributed by atoms with Crippen LogP contribution >= 0.6 is 0 Å². The van der Waals surface area contributed by atoms with Crippen molar-refractivity contribution >= 4 is 11.8 Å². The highest BCUT2D eigenvalue weighted by Crippen LogP contribution is 2.04. The number of ketones is 1. The molecule has 5 heteroatoms. The molecule has 0 aliphatic carbocycles. The molecule has 0 aliphatic heterocycles. The van der Waals surface area contributed by atoms with Gasteiger partial charge in [0.25, 0.3) is 0 Å². The Hall–Kier alpha value is -1.23. The Morgan fingerprint density at radius 2 is 2.00 bits per heavy atom. The molecule has 0 aliphatic rings. The Labute approximate surface area is 118 Å². The van der Waals surface area contributed by atoms with Crippen molar-refractivity contribution in [3.63, 3.8) is 0 Å². The van der Waals surface area contributed by atoms with Gasteiger partial charge in [-0.1, -0.05) is 0 Å². The highest BCUT2D eigenvalue weighted by Gasteiger charge is 2.15. The van der Waals surface area contributed by atoms with E-state index < -0.39 is 0 Å². The van der Waals surface area contributed by atoms with Crippen LogP contribution in [0, 0.1) is 6.92 Å². The second-order valence-electron chi connectivity index (χ2n) is 4.34. The first kappa shape index (κ1) is 16.8. The number of nitrogens with zero attached hydrogens (tertiary/aromatic N) is 1. The summed E-state index contributed by atoms with van der Waals surface area (Å²) in [5.74, 6) is -0.256. The number of hydrogen-bond donors (Lipinski definition) is 0. The quantitative estimate of drug-likeness (QED) is 0.499. The minimum atomic E-state index is -0.335. The lowest BCUT2D eigenvalue weighted by Gasteiger charge is -2.07. The molecule has 1 heterocycles. The van der Waals surface area contributed by atoms with E-state index in [1.165, 1.54) is 6.92 Å². The molecular formula is C13H18BrNO3. The van der Waals surface area contributed by atoms with Crippen LogP contribution in [0.4, 0.5) is 0 Å². The number of aromatic nitrogens is 1. The van der Waals surface area contributed by atoms with E-state index >= 15 is 0 Å². The van der Waals surface area contributed by atoms with E-state index in [0.717, 1.165) is 5.69 Å². The molecule has 0 saturated carbocycles. The lowest BCUT2D eigenvalue weighted by molar-refractivity contribution is -0.690. The van der Waals surface area contributed by atoms with Crippen molar-refractivity contribution in [2.24, 2.45) is 0 Å². The molecule has 1 rings (SSSR count). The topological polar surface area (TPSA) is 47.2 Å². The Kier molecular flexibility index (Phi) is 6.76. The number of aryl methyl sites for hydroxylation is 1. The second-order valence-corrected chi connectivity index (χ2v) is 4.34. The Bertz CT molecular complexity index is 444. The minimum Gasteiger partial charge on any atom is -1.00 e. The largest absolute Gasteiger partial charge is 1.00 e. The van der Waals surface area contributed by atoms with E-state index in [9.17, 15) is 9.59 Å². The maximum atomic E-state index is 11.6. The molecule has 0 aromatic carbocycles. The first-order valence-corrected chi connectivity index (χ1v) is 5.60. The monoisotopic (exact) mass is 315 g/mol. The minimum absolute atomic E-state index is 0. The predicted octanol–water partition coefficient (Wildman–Crippen LogP) is -1.56. The normalized spacial score (nSPS) is 9.83. The fraction of sp³-hybridized carbons (Fsp3) is 0.462. The maximum absolute atomic E-state index is 11.6. The van der Waals surface area contributed by atoms with Gasteiger partial charge in [0.15, 0.2) is 17.7 Å². The summed E-state index contributed by atoms with van der Waals surface area (Å²) < 4.78 is 6.90. The van der Waals surface area contributed by atoms with E-state index in [1.807, 2.05) is 20.8 Å². The number of rotatable bonds is 4. The molecular weight excluding hydrogens is 298 g/mol. The molecule has 100 valence electrons. The van der Waals surface area contributed by atoms with Crippen molar-refractivity contribution in [1.82, 2.24) is 0 Å². The number of ether oxygens (including phenoxy) is 1. The summed E-state index contributed by atoms with van der Waals surface area (Å²) in [5.41, 5.74) is 1.37. The zero-order chi connectivity index (χ0) is 13.0. The Morgan fingerprint density at radius 3 is 2.44 bits per heavy atom. The molecule has 1 aromatic rings. The van der Waals surface area contributed by atoms with Gasteiger partial charge in [-0.15, -0.1) is 0 Å². The predicted molar refractivity (Wildman–Crippen MR) is 62.6 cm³/mol. The summed E-state index contributed by atoms with van der Waals surface area (Å²) in [5, 5.41) is 0. The fourth-order valence-corrected chi connectivity index (χ4v) is 1.47. The molecule has 0 unspecified atom stereocenters. The molecule has 0 N–H and O–H groups in total. The molecule has 0 radical (unpaired) electrons. The highest BCUT2D eigenvalue weighted by atomic mass is 79.9. The van der Waals surface area contributed by atoms with E-state index in [0.29, 0.717) is 12.1 Å². The van der Waals surface area contributed by atoms with Gasteiger partial charge >= 0.3 is 5.97 Å². The Morgan fingerprint density at radius 1 is 1.39 bits per heavy atom. The third-order valence-electron chi connectivity index (χ3n) is 2.22. The van der Waals surface area contributed by atoms with Gasteiger partial charge in [-0.2, -0.15) is 4.57 Å². The second kappa shape index (κ2) is 7.26. The molecule has 0 atom stereocenters. The van der Waals surface area contributed by atoms with Crippen molar-refractivity contribution in [2.75, 3.05) is 0 Å². The van der Waals surface area contributed by atoms with E-state index in [2.05, 4.69) is 0 Å². The van der Waals surface area contributed by atoms with Gasteiger partial charge in [-0.3, -0.25) is 4.79 Å². The maximum Gasteiger partial charge on any atom is 0.338 e. The first-order chi connectivity index (χ1) is 7.90. The van der Waals surface area contributed by atoms with E-state index in [4.69, 9.17) is 4.74 Å². The third kappa shape index (κ3) is 4.96. The molecule has 0 spiro atoms. The van der Waals surface area contributed by atoms with Crippen LogP contribution in [-0.4, -0.2) is 17.9 Å². The van der Waals surface area contributed by atoms with Crippen LogP contribution in [0.3, 0.4) is 0 Å². The molecule has 0 bridgehead atoms. The number of Topliss-reactive ketones (excluding diaryl/α,β-unsaturated/α-hetero) is 1. The van der Waals surface area contributed by atoms with Crippen molar-refractivity contribution < 1.29 is 35.9 Å². The van der Waals surface area contributed by atoms with Crippen LogP contribution < -0.4 is 21.5 Å². The summed E-state index contributed by atoms with van der Waals surface area (Å²) in [6, 6.07) is 3.40. The van der Waals surface area contributed by atoms with Gasteiger partial charge in [-0.25, -0.2) is 4.79 Å². The van der Waals surface area contributed by atoms with Crippen molar-refractivity contribution in [3.05, 3.63) is 29.6 Å². The summed E-state index contributed by atoms with van der Waals surface area (Å²) >= 11 is 0. The molecule has 4 nitrogen and oxygen atoms in total. The third-order valence-corrected chi connectivity index (χ3v) is 2.22. The lowest BCUT2D eigenvalue weighted by atomic mass is 10.2. The van der Waals surface area contributed by atoms with Crippen LogP contribution in [-0.2, 0) is 16.1 Å². The van der Waals surface area contributed by atoms with Gasteiger partial charge in [0.1, 0.15) is 0 Å². The SMILES string of the molecule is CC(=O)C[n+]1ccc(C(=O)OC(C)C)cc1C.[Br-]. The number of carbonyl (C=O) groups is 2. The number of hydrogen-bond acceptors (Lipinski definition) is 3. The molecule has 0 amide bonds. The summed E-state index contributed by atoms with van der Waals surface area (Å²) in [7, 11) is 0. The Balaban J connectivity index is 0.00000289. The van der Waals surface area contributed by atoms with Gasteiger partial charge < -0.3 is 21.7 Å². The number of carbonyl (C=O) groups excluding carboxylic acids is 2. The first-order valence-electron chi connectivity index (χ1n) is 5.60. The zero-order valence-corrected chi connectivity index (χ0v) is 12.7. The van der Waals surface area contributed by atoms with E-state index in [1.54, 1.807) is 22.9 Å². The zero-order valence-electron chi connectivity index (χ0n) is 11.1. The smallest absolute Gasteiger partial charge is 0.338 e. The van der Waals surface area contributed by atoms with Crippen LogP contribution in [0.1, 0.15) is 36.8 Å². The van der Waals surface area contributed by atoms with Crippen LogP contribution in [0.25, 0.3) is 0 Å². The highest BCUT2D eigenvalue weighted by molar-refractivity contribution is 5.89. The van der Waals surface area contributed by atoms with Crippen LogP contribution in [0.5, 0.6) is 0 Å². The standard InChI is InChI=1S/C13H18NO3.BrH/c1-9(2)17-13(16)12-5-6-14(8-11(4)15)10(3)7-12;/h5-7,9H,8H2,1-4H3;1H/q+1;/p-1. The summed E-state index contributed by atoms with van der Waals surface area (Å²) in [6.45, 7) is 7.33. The fourth-order valence-electron chi connectivity index (χ4n) is 1.47. The van der Waals surface area contributed by atoms with Crippen LogP contribution in [0.2, 0.25) is 0 Å². The summed E-state index contributed by atoms with van der Waals surface area (Å²) in [6.07, 6.45) is 1.60. The molecule has 0 fully saturated rings. The van der Waals surface area contributed by atoms with Gasteiger partial charge in [0, 0.05) is 26.0 Å². The molecule has 1 aromatic heterocycles. The lowest BCUT2D eigenvalue weighted by Crippen LogP contribution is -3.00. The number of pyridine rings is 1. The average molecular weight is 316 g/mol. The number of esters is 1. The van der Waals surface area contributed by atoms with Gasteiger partial charge in [-0.05, 0) is 13.8 Å². The van der Waals surface area contributed by atoms with Gasteiger partial charge in [0.2, 0.25) is 6.54 Å². The van der Waals surface area contributed by atoms with E-state index in [-0.39, 0.29) is 34.8 Å². The van der Waals surface area contributed by atoms with Crippen molar-refractivity contribution in [1.29, 1.82) is 0 Å². The average Bonchev–Trinajstić information content (AvgIpc) is 2.19. The summed E-state index contributed by atoms with van der Waals surface area (Å²) in [4.78, 5) is 22.7. The van der Waals surface area contributed by atoms with Crippen LogP contribution in [0.15, 0.2) is 18.3 Å². The van der Waals surface area contributed by atoms with Crippen molar-refractivity contribution in [3.8, 4) is 0 Å². The number of halogens is 1. The molecule has 0 saturated heterocycles. The molecule has 18 heavy (non-hydrogen) atoms. The van der Waals surface area contributed by atoms with Crippen molar-refractivity contribution in [2.45, 2.75) is 40.3 Å².